The van der Waals surface area contributed by atoms with E-state index in [-0.39, 0.29) is 18.0 Å². The van der Waals surface area contributed by atoms with E-state index in [4.69, 9.17) is 11.6 Å². The monoisotopic (exact) mass is 311 g/mol. The zero-order valence-electron chi connectivity index (χ0n) is 12.6. The Morgan fingerprint density at radius 3 is 2.33 bits per heavy atom. The maximum Gasteiger partial charge on any atom is 0.315 e. The third-order valence-corrected chi connectivity index (χ3v) is 3.50. The van der Waals surface area contributed by atoms with Crippen molar-refractivity contribution in [2.45, 2.75) is 26.8 Å². The largest absolute Gasteiger partial charge is 0.350 e. The van der Waals surface area contributed by atoms with Crippen molar-refractivity contribution in [3.8, 4) is 0 Å². The molecule has 1 aromatic rings. The van der Waals surface area contributed by atoms with Crippen molar-refractivity contribution in [2.24, 2.45) is 5.92 Å². The summed E-state index contributed by atoms with van der Waals surface area (Å²) in [4.78, 5) is 23.4. The van der Waals surface area contributed by atoms with Crippen LogP contribution in [0, 0.1) is 5.92 Å². The first-order chi connectivity index (χ1) is 9.91. The van der Waals surface area contributed by atoms with E-state index < -0.39 is 0 Å². The Bertz CT molecular complexity index is 492. The third kappa shape index (κ3) is 6.04. The van der Waals surface area contributed by atoms with Crippen LogP contribution in [0.1, 0.15) is 31.1 Å². The summed E-state index contributed by atoms with van der Waals surface area (Å²) < 4.78 is 0. The second-order valence-electron chi connectivity index (χ2n) is 5.17. The normalized spacial score (nSPS) is 11.9. The molecule has 0 saturated carbocycles. The highest BCUT2D eigenvalue weighted by Gasteiger charge is 2.11. The first kappa shape index (κ1) is 17.3. The van der Waals surface area contributed by atoms with Gasteiger partial charge in [0.25, 0.3) is 5.91 Å². The number of carbonyl (C=O) groups excluding carboxylic acids is 2. The number of benzene rings is 1. The minimum absolute atomic E-state index is 0.0997. The minimum Gasteiger partial charge on any atom is -0.350 e. The van der Waals surface area contributed by atoms with E-state index in [1.165, 1.54) is 0 Å². The summed E-state index contributed by atoms with van der Waals surface area (Å²) in [6.45, 7) is 6.72. The molecule has 1 rings (SSSR count). The van der Waals surface area contributed by atoms with Gasteiger partial charge in [-0.25, -0.2) is 4.79 Å². The van der Waals surface area contributed by atoms with Crippen LogP contribution in [0.4, 0.5) is 4.79 Å². The molecule has 0 aromatic heterocycles. The van der Waals surface area contributed by atoms with E-state index in [0.717, 1.165) is 0 Å². The number of halogens is 1. The van der Waals surface area contributed by atoms with E-state index in [1.807, 2.05) is 20.8 Å². The molecule has 0 bridgehead atoms. The van der Waals surface area contributed by atoms with Crippen LogP contribution in [0.3, 0.4) is 0 Å². The summed E-state index contributed by atoms with van der Waals surface area (Å²) in [5, 5.41) is 8.63. The van der Waals surface area contributed by atoms with Gasteiger partial charge < -0.3 is 16.0 Å². The summed E-state index contributed by atoms with van der Waals surface area (Å²) >= 11 is 5.93. The van der Waals surface area contributed by atoms with Crippen LogP contribution in [-0.2, 0) is 0 Å². The maximum atomic E-state index is 11.9. The smallest absolute Gasteiger partial charge is 0.315 e. The molecule has 0 fully saturated rings. The average molecular weight is 312 g/mol. The molecule has 1 aromatic carbocycles. The molecular formula is C15H22ClN3O2. The molecule has 1 atom stereocenters. The molecule has 0 spiro atoms. The molecule has 0 heterocycles. The number of nitrogens with one attached hydrogen (secondary N) is 3. The Labute approximate surface area is 130 Å². The zero-order valence-corrected chi connectivity index (χ0v) is 13.3. The van der Waals surface area contributed by atoms with Crippen LogP contribution in [0.5, 0.6) is 0 Å². The number of hydrogen-bond acceptors (Lipinski definition) is 2. The average Bonchev–Trinajstić information content (AvgIpc) is 2.43. The van der Waals surface area contributed by atoms with Gasteiger partial charge in [-0.3, -0.25) is 4.79 Å². The highest BCUT2D eigenvalue weighted by molar-refractivity contribution is 6.33. The molecule has 3 amide bonds. The summed E-state index contributed by atoms with van der Waals surface area (Å²) in [5.74, 6) is 0.119. The van der Waals surface area contributed by atoms with Crippen LogP contribution in [0.15, 0.2) is 24.3 Å². The Balaban J connectivity index is 2.27. The van der Waals surface area contributed by atoms with E-state index in [2.05, 4.69) is 16.0 Å². The van der Waals surface area contributed by atoms with E-state index >= 15 is 0 Å². The molecule has 0 saturated heterocycles. The van der Waals surface area contributed by atoms with E-state index in [1.54, 1.807) is 24.3 Å². The number of carbonyl (C=O) groups is 2. The van der Waals surface area contributed by atoms with Gasteiger partial charge in [0.15, 0.2) is 0 Å². The van der Waals surface area contributed by atoms with Gasteiger partial charge in [-0.1, -0.05) is 37.6 Å². The topological polar surface area (TPSA) is 70.2 Å². The van der Waals surface area contributed by atoms with Gasteiger partial charge in [0.2, 0.25) is 0 Å². The molecule has 116 valence electrons. The second kappa shape index (κ2) is 8.52. The van der Waals surface area contributed by atoms with Gasteiger partial charge in [0.1, 0.15) is 0 Å². The highest BCUT2D eigenvalue weighted by Crippen LogP contribution is 2.14. The Kier molecular flexibility index (Phi) is 7.02. The minimum atomic E-state index is -0.252. The predicted octanol–water partition coefficient (Wildman–Crippen LogP) is 2.41. The molecule has 0 unspecified atom stereocenters. The lowest BCUT2D eigenvalue weighted by atomic mass is 10.1. The van der Waals surface area contributed by atoms with Crippen molar-refractivity contribution in [3.63, 3.8) is 0 Å². The summed E-state index contributed by atoms with van der Waals surface area (Å²) in [5.41, 5.74) is 0.428. The van der Waals surface area contributed by atoms with Crippen molar-refractivity contribution < 1.29 is 9.59 Å². The Morgan fingerprint density at radius 1 is 1.10 bits per heavy atom. The fraction of sp³-hybridized carbons (Fsp3) is 0.467. The van der Waals surface area contributed by atoms with E-state index in [0.29, 0.717) is 29.6 Å². The zero-order chi connectivity index (χ0) is 15.8. The van der Waals surface area contributed by atoms with Crippen LogP contribution in [-0.4, -0.2) is 31.1 Å². The van der Waals surface area contributed by atoms with Crippen molar-refractivity contribution in [1.29, 1.82) is 0 Å². The number of hydrogen-bond donors (Lipinski definition) is 3. The standard InChI is InChI=1S/C15H22ClN3O2/c1-10(2)11(3)19-15(21)18-9-8-17-14(20)12-6-4-5-7-13(12)16/h4-7,10-11H,8-9H2,1-3H3,(H,17,20)(H2,18,19,21)/t11-/m1/s1. The van der Waals surface area contributed by atoms with Crippen LogP contribution < -0.4 is 16.0 Å². The lowest BCUT2D eigenvalue weighted by Crippen LogP contribution is -2.45. The van der Waals surface area contributed by atoms with Crippen molar-refractivity contribution >= 4 is 23.5 Å². The third-order valence-electron chi connectivity index (χ3n) is 3.17. The predicted molar refractivity (Wildman–Crippen MR) is 84.6 cm³/mol. The van der Waals surface area contributed by atoms with Crippen LogP contribution >= 0.6 is 11.6 Å². The summed E-state index contributed by atoms with van der Waals surface area (Å²) in [7, 11) is 0. The molecule has 0 aliphatic rings. The second-order valence-corrected chi connectivity index (χ2v) is 5.58. The number of amides is 3. The first-order valence-corrected chi connectivity index (χ1v) is 7.36. The first-order valence-electron chi connectivity index (χ1n) is 6.99. The van der Waals surface area contributed by atoms with Gasteiger partial charge in [0.05, 0.1) is 10.6 Å². The summed E-state index contributed by atoms with van der Waals surface area (Å²) in [6, 6.07) is 6.70. The lowest BCUT2D eigenvalue weighted by Gasteiger charge is -2.17. The van der Waals surface area contributed by atoms with Gasteiger partial charge in [-0.05, 0) is 25.0 Å². The maximum absolute atomic E-state index is 11.9. The molecule has 6 heteroatoms. The van der Waals surface area contributed by atoms with Crippen molar-refractivity contribution in [2.75, 3.05) is 13.1 Å². The van der Waals surface area contributed by atoms with Gasteiger partial charge in [-0.15, -0.1) is 0 Å². The molecule has 0 radical (unpaired) electrons. The van der Waals surface area contributed by atoms with Crippen LogP contribution in [0.2, 0.25) is 5.02 Å². The van der Waals surface area contributed by atoms with Crippen molar-refractivity contribution in [3.05, 3.63) is 34.9 Å². The Morgan fingerprint density at radius 2 is 1.71 bits per heavy atom. The fourth-order valence-electron chi connectivity index (χ4n) is 1.52. The SMILES string of the molecule is CC(C)[C@@H](C)NC(=O)NCCNC(=O)c1ccccc1Cl. The quantitative estimate of drug-likeness (QED) is 0.706. The van der Waals surface area contributed by atoms with Gasteiger partial charge >= 0.3 is 6.03 Å². The molecule has 3 N–H and O–H groups in total. The molecule has 0 aliphatic carbocycles. The number of urea groups is 1. The fourth-order valence-corrected chi connectivity index (χ4v) is 1.74. The van der Waals surface area contributed by atoms with Gasteiger partial charge in [-0.2, -0.15) is 0 Å². The summed E-state index contributed by atoms with van der Waals surface area (Å²) in [6.07, 6.45) is 0. The van der Waals surface area contributed by atoms with Crippen LogP contribution in [0.25, 0.3) is 0 Å². The molecule has 0 aliphatic heterocycles. The number of rotatable bonds is 6. The molecule has 5 nitrogen and oxygen atoms in total. The highest BCUT2D eigenvalue weighted by atomic mass is 35.5. The van der Waals surface area contributed by atoms with Gasteiger partial charge in [0, 0.05) is 19.1 Å². The lowest BCUT2D eigenvalue weighted by molar-refractivity contribution is 0.0954. The Hall–Kier alpha value is -1.75. The molecular weight excluding hydrogens is 290 g/mol. The molecule has 21 heavy (non-hydrogen) atoms. The van der Waals surface area contributed by atoms with Crippen molar-refractivity contribution in [1.82, 2.24) is 16.0 Å². The van der Waals surface area contributed by atoms with E-state index in [9.17, 15) is 9.59 Å².